The Labute approximate surface area is 127 Å². The third kappa shape index (κ3) is 6.71. The fourth-order valence-electron chi connectivity index (χ4n) is 2.10. The molecule has 0 heterocycles. The van der Waals surface area contributed by atoms with Crippen molar-refractivity contribution in [3.63, 3.8) is 0 Å². The number of halogens is 2. The minimum Gasteiger partial charge on any atom is -0.373 e. The second-order valence-corrected chi connectivity index (χ2v) is 6.41. The molecule has 0 saturated heterocycles. The summed E-state index contributed by atoms with van der Waals surface area (Å²) < 4.78 is 19.1. The molecule has 0 spiro atoms. The Morgan fingerprint density at radius 2 is 1.80 bits per heavy atom. The van der Waals surface area contributed by atoms with E-state index in [1.54, 1.807) is 12.1 Å². The van der Waals surface area contributed by atoms with Crippen LogP contribution in [0.1, 0.15) is 58.4 Å². The lowest BCUT2D eigenvalue weighted by atomic mass is 9.98. The van der Waals surface area contributed by atoms with Gasteiger partial charge in [0.25, 0.3) is 0 Å². The average molecular weight is 301 g/mol. The number of rotatable bonds is 3. The van der Waals surface area contributed by atoms with Crippen LogP contribution >= 0.6 is 11.6 Å². The lowest BCUT2D eigenvalue weighted by molar-refractivity contribution is 0.0156. The topological polar surface area (TPSA) is 9.23 Å². The molecule has 20 heavy (non-hydrogen) atoms. The molecule has 1 aliphatic rings. The van der Waals surface area contributed by atoms with Crippen LogP contribution in [0, 0.1) is 11.7 Å². The minimum atomic E-state index is -0.275. The Hall–Kier alpha value is -0.600. The first-order valence-corrected chi connectivity index (χ1v) is 7.93. The van der Waals surface area contributed by atoms with Crippen molar-refractivity contribution in [2.45, 2.75) is 65.6 Å². The van der Waals surface area contributed by atoms with Crippen LogP contribution in [-0.4, -0.2) is 6.10 Å². The van der Waals surface area contributed by atoms with Gasteiger partial charge in [-0.1, -0.05) is 57.7 Å². The molecular formula is C17H26ClFO. The van der Waals surface area contributed by atoms with E-state index in [1.165, 1.54) is 25.3 Å². The van der Waals surface area contributed by atoms with Crippen molar-refractivity contribution in [2.75, 3.05) is 0 Å². The van der Waals surface area contributed by atoms with Gasteiger partial charge in [0, 0.05) is 10.6 Å². The highest BCUT2D eigenvalue weighted by atomic mass is 35.5. The zero-order chi connectivity index (χ0) is 15.0. The number of hydrogen-bond donors (Lipinski definition) is 0. The predicted molar refractivity (Wildman–Crippen MR) is 83.6 cm³/mol. The normalized spacial score (nSPS) is 15.9. The summed E-state index contributed by atoms with van der Waals surface area (Å²) >= 11 is 5.93. The van der Waals surface area contributed by atoms with Crippen molar-refractivity contribution in [3.05, 3.63) is 34.6 Å². The number of hydrogen-bond acceptors (Lipinski definition) is 1. The molecule has 1 aromatic rings. The molecular weight excluding hydrogens is 275 g/mol. The van der Waals surface area contributed by atoms with Crippen molar-refractivity contribution < 1.29 is 9.13 Å². The summed E-state index contributed by atoms with van der Waals surface area (Å²) in [5.74, 6) is 0.559. The second kappa shape index (κ2) is 9.36. The first-order chi connectivity index (χ1) is 9.50. The van der Waals surface area contributed by atoms with Gasteiger partial charge in [-0.25, -0.2) is 4.39 Å². The fraction of sp³-hybridized carbons (Fsp3) is 0.647. The summed E-state index contributed by atoms with van der Waals surface area (Å²) in [5.41, 5.74) is 0.481. The van der Waals surface area contributed by atoms with Crippen LogP contribution in [-0.2, 0) is 11.3 Å². The van der Waals surface area contributed by atoms with Crippen LogP contribution in [0.5, 0.6) is 0 Å². The molecule has 114 valence electrons. The molecule has 0 N–H and O–H groups in total. The highest BCUT2D eigenvalue weighted by Gasteiger charge is 2.15. The molecule has 2 rings (SSSR count). The quantitative estimate of drug-likeness (QED) is 0.666. The molecule has 0 radical (unpaired) electrons. The first-order valence-electron chi connectivity index (χ1n) is 7.55. The van der Waals surface area contributed by atoms with Crippen molar-refractivity contribution in [1.29, 1.82) is 0 Å². The van der Waals surface area contributed by atoms with E-state index in [0.29, 0.717) is 10.6 Å². The summed E-state index contributed by atoms with van der Waals surface area (Å²) in [6.45, 7) is 6.79. The average Bonchev–Trinajstić information content (AvgIpc) is 2.39. The first kappa shape index (κ1) is 17.5. The van der Waals surface area contributed by atoms with E-state index >= 15 is 0 Å². The van der Waals surface area contributed by atoms with Crippen molar-refractivity contribution in [1.82, 2.24) is 0 Å². The summed E-state index contributed by atoms with van der Waals surface area (Å²) in [6.07, 6.45) is 6.19. The van der Waals surface area contributed by atoms with Gasteiger partial charge in [0.1, 0.15) is 5.82 Å². The predicted octanol–water partition coefficient (Wildman–Crippen LogP) is 5.99. The van der Waals surface area contributed by atoms with E-state index in [-0.39, 0.29) is 18.5 Å². The smallest absolute Gasteiger partial charge is 0.130 e. The molecule has 0 amide bonds. The van der Waals surface area contributed by atoms with E-state index < -0.39 is 0 Å². The van der Waals surface area contributed by atoms with Crippen molar-refractivity contribution >= 4 is 11.6 Å². The van der Waals surface area contributed by atoms with Gasteiger partial charge in [-0.2, -0.15) is 0 Å². The third-order valence-electron chi connectivity index (χ3n) is 3.08. The molecule has 0 aliphatic heterocycles. The zero-order valence-corrected chi connectivity index (χ0v) is 13.5. The zero-order valence-electron chi connectivity index (χ0n) is 12.8. The van der Waals surface area contributed by atoms with Crippen LogP contribution in [0.15, 0.2) is 18.2 Å². The number of benzene rings is 1. The van der Waals surface area contributed by atoms with Gasteiger partial charge < -0.3 is 4.74 Å². The monoisotopic (exact) mass is 300 g/mol. The highest BCUT2D eigenvalue weighted by Crippen LogP contribution is 2.24. The van der Waals surface area contributed by atoms with Gasteiger partial charge in [-0.15, -0.1) is 0 Å². The lowest BCUT2D eigenvalue weighted by Crippen LogP contribution is -2.16. The molecule has 0 bridgehead atoms. The maximum Gasteiger partial charge on any atom is 0.130 e. The van der Waals surface area contributed by atoms with E-state index in [0.717, 1.165) is 18.8 Å². The maximum absolute atomic E-state index is 13.4. The van der Waals surface area contributed by atoms with Crippen LogP contribution in [0.3, 0.4) is 0 Å². The molecule has 1 nitrogen and oxygen atoms in total. The van der Waals surface area contributed by atoms with E-state index in [4.69, 9.17) is 16.3 Å². The van der Waals surface area contributed by atoms with Crippen LogP contribution in [0.25, 0.3) is 0 Å². The van der Waals surface area contributed by atoms with Gasteiger partial charge in [-0.3, -0.25) is 0 Å². The van der Waals surface area contributed by atoms with Crippen molar-refractivity contribution in [3.8, 4) is 0 Å². The summed E-state index contributed by atoms with van der Waals surface area (Å²) in [5, 5.41) is 0.454. The van der Waals surface area contributed by atoms with Gasteiger partial charge in [0.05, 0.1) is 12.7 Å². The largest absolute Gasteiger partial charge is 0.373 e. The van der Waals surface area contributed by atoms with E-state index in [2.05, 4.69) is 20.8 Å². The maximum atomic E-state index is 13.4. The van der Waals surface area contributed by atoms with E-state index in [9.17, 15) is 4.39 Å². The Kier molecular flexibility index (Phi) is 8.16. The van der Waals surface area contributed by atoms with Crippen molar-refractivity contribution in [2.24, 2.45) is 5.92 Å². The fourth-order valence-corrected chi connectivity index (χ4v) is 2.32. The molecule has 1 aromatic carbocycles. The van der Waals surface area contributed by atoms with Crippen LogP contribution < -0.4 is 0 Å². The highest BCUT2D eigenvalue weighted by molar-refractivity contribution is 6.31. The molecule has 1 aliphatic carbocycles. The standard InChI is InChI=1S/C13H16ClFO.C4H10/c14-12-7-4-8-13(15)11(12)9-16-10-5-2-1-3-6-10;1-4(2)3/h4,7-8,10H,1-3,5-6,9H2;4H,1-3H3. The van der Waals surface area contributed by atoms with Gasteiger partial charge >= 0.3 is 0 Å². The van der Waals surface area contributed by atoms with Crippen LogP contribution in [0.2, 0.25) is 5.02 Å². The molecule has 0 aromatic heterocycles. The third-order valence-corrected chi connectivity index (χ3v) is 3.43. The molecule has 1 saturated carbocycles. The SMILES string of the molecule is CC(C)C.Fc1cccc(Cl)c1COC1CCCCC1. The van der Waals surface area contributed by atoms with Gasteiger partial charge in [0.15, 0.2) is 0 Å². The minimum absolute atomic E-state index is 0.275. The Balaban J connectivity index is 0.000000444. The number of ether oxygens (including phenoxy) is 1. The van der Waals surface area contributed by atoms with Gasteiger partial charge in [-0.05, 0) is 30.9 Å². The molecule has 3 heteroatoms. The van der Waals surface area contributed by atoms with Crippen LogP contribution in [0.4, 0.5) is 4.39 Å². The van der Waals surface area contributed by atoms with E-state index in [1.807, 2.05) is 0 Å². The molecule has 0 atom stereocenters. The molecule has 1 fully saturated rings. The summed E-state index contributed by atoms with van der Waals surface area (Å²) in [7, 11) is 0. The second-order valence-electron chi connectivity index (χ2n) is 6.00. The summed E-state index contributed by atoms with van der Waals surface area (Å²) in [4.78, 5) is 0. The molecule has 0 unspecified atom stereocenters. The Morgan fingerprint density at radius 3 is 2.35 bits per heavy atom. The summed E-state index contributed by atoms with van der Waals surface area (Å²) in [6, 6.07) is 4.73. The lowest BCUT2D eigenvalue weighted by Gasteiger charge is -2.22. The Bertz CT molecular complexity index is 364. The van der Waals surface area contributed by atoms with Gasteiger partial charge in [0.2, 0.25) is 0 Å². The Morgan fingerprint density at radius 1 is 1.20 bits per heavy atom.